The normalized spacial score (nSPS) is 18.5. The Morgan fingerprint density at radius 2 is 1.80 bits per heavy atom. The van der Waals surface area contributed by atoms with E-state index < -0.39 is 15.9 Å². The van der Waals surface area contributed by atoms with Gasteiger partial charge in [0, 0.05) is 6.42 Å². The highest BCUT2D eigenvalue weighted by Crippen LogP contribution is 2.43. The molecule has 0 heterocycles. The van der Waals surface area contributed by atoms with Crippen molar-refractivity contribution in [2.75, 3.05) is 0 Å². The monoisotopic (exact) mass is 427 g/mol. The third kappa shape index (κ3) is 4.61. The zero-order chi connectivity index (χ0) is 22.3. The number of fused-ring (bicyclic) bond motifs is 1. The van der Waals surface area contributed by atoms with E-state index in [2.05, 4.69) is 30.7 Å². The minimum atomic E-state index is -3.92. The van der Waals surface area contributed by atoms with E-state index in [1.54, 1.807) is 19.1 Å². The maximum atomic E-state index is 13.0. The highest BCUT2D eigenvalue weighted by molar-refractivity contribution is 7.90. The molecule has 1 unspecified atom stereocenters. The maximum Gasteiger partial charge on any atom is 0.264 e. The smallest absolute Gasteiger partial charge is 0.264 e. The molecular weight excluding hydrogens is 394 g/mol. The number of rotatable bonds is 4. The van der Waals surface area contributed by atoms with Crippen molar-refractivity contribution < 1.29 is 13.2 Å². The number of amides is 1. The molecule has 0 fully saturated rings. The second-order valence-electron chi connectivity index (χ2n) is 10.2. The summed E-state index contributed by atoms with van der Waals surface area (Å²) >= 11 is 0. The maximum absolute atomic E-state index is 13.0. The Kier molecular flexibility index (Phi) is 5.89. The van der Waals surface area contributed by atoms with Crippen molar-refractivity contribution in [3.63, 3.8) is 0 Å². The molecule has 5 heteroatoms. The molecule has 30 heavy (non-hydrogen) atoms. The molecule has 1 atom stereocenters. The minimum absolute atomic E-state index is 0.0337. The predicted molar refractivity (Wildman–Crippen MR) is 121 cm³/mol. The van der Waals surface area contributed by atoms with E-state index in [1.807, 2.05) is 39.0 Å². The molecule has 162 valence electrons. The molecule has 1 N–H and O–H groups in total. The molecular formula is C25H33NO3S. The van der Waals surface area contributed by atoms with E-state index >= 15 is 0 Å². The summed E-state index contributed by atoms with van der Waals surface area (Å²) in [6, 6.07) is 13.6. The molecule has 0 aliphatic heterocycles. The molecule has 0 saturated carbocycles. The van der Waals surface area contributed by atoms with Gasteiger partial charge < -0.3 is 0 Å². The second-order valence-corrected chi connectivity index (χ2v) is 11.8. The Morgan fingerprint density at radius 3 is 2.47 bits per heavy atom. The van der Waals surface area contributed by atoms with Crippen molar-refractivity contribution in [2.24, 2.45) is 0 Å². The van der Waals surface area contributed by atoms with Gasteiger partial charge in [-0.2, -0.15) is 0 Å². The Balaban J connectivity index is 1.82. The van der Waals surface area contributed by atoms with E-state index in [4.69, 9.17) is 0 Å². The first-order valence-corrected chi connectivity index (χ1v) is 12.1. The summed E-state index contributed by atoms with van der Waals surface area (Å²) in [6.07, 6.45) is 2.02. The van der Waals surface area contributed by atoms with Gasteiger partial charge >= 0.3 is 0 Å². The van der Waals surface area contributed by atoms with Crippen LogP contribution in [-0.2, 0) is 25.6 Å². The lowest BCUT2D eigenvalue weighted by Gasteiger charge is -2.37. The molecule has 1 aliphatic carbocycles. The summed E-state index contributed by atoms with van der Waals surface area (Å²) in [5.41, 5.74) is 3.86. The summed E-state index contributed by atoms with van der Waals surface area (Å²) in [7, 11) is -3.92. The van der Waals surface area contributed by atoms with Crippen LogP contribution in [0.3, 0.4) is 0 Å². The summed E-state index contributed by atoms with van der Waals surface area (Å²) < 4.78 is 28.3. The number of carbonyl (C=O) groups is 1. The summed E-state index contributed by atoms with van der Waals surface area (Å²) in [6.45, 7) is 12.3. The van der Waals surface area contributed by atoms with Gasteiger partial charge in [0.05, 0.1) is 4.90 Å². The van der Waals surface area contributed by atoms with Gasteiger partial charge in [0.2, 0.25) is 5.91 Å². The van der Waals surface area contributed by atoms with Crippen LogP contribution in [-0.4, -0.2) is 14.3 Å². The summed E-state index contributed by atoms with van der Waals surface area (Å²) in [5.74, 6) is -0.415. The van der Waals surface area contributed by atoms with Crippen molar-refractivity contribution in [3.8, 4) is 0 Å². The molecule has 0 bridgehead atoms. The molecule has 0 radical (unpaired) electrons. The van der Waals surface area contributed by atoms with Crippen molar-refractivity contribution >= 4 is 15.9 Å². The fraction of sp³-hybridized carbons (Fsp3) is 0.480. The predicted octanol–water partition coefficient (Wildman–Crippen LogP) is 5.34. The molecule has 2 aromatic carbocycles. The Bertz CT molecular complexity index is 1060. The van der Waals surface area contributed by atoms with Crippen LogP contribution < -0.4 is 4.72 Å². The van der Waals surface area contributed by atoms with Crippen LogP contribution in [0.5, 0.6) is 0 Å². The number of carbonyl (C=O) groups excluding carboxylic acids is 1. The Labute approximate surface area is 181 Å². The first-order chi connectivity index (χ1) is 13.8. The molecule has 0 spiro atoms. The first kappa shape index (κ1) is 22.5. The zero-order valence-corrected chi connectivity index (χ0v) is 19.7. The van der Waals surface area contributed by atoms with Crippen LogP contribution in [0.15, 0.2) is 47.4 Å². The van der Waals surface area contributed by atoms with Gasteiger partial charge in [0.15, 0.2) is 0 Å². The molecule has 1 aliphatic rings. The number of hydrogen-bond acceptors (Lipinski definition) is 3. The van der Waals surface area contributed by atoms with Crippen LogP contribution >= 0.6 is 0 Å². The van der Waals surface area contributed by atoms with Gasteiger partial charge in [-0.3, -0.25) is 4.79 Å². The van der Waals surface area contributed by atoms with Crippen molar-refractivity contribution in [1.82, 2.24) is 4.72 Å². The van der Waals surface area contributed by atoms with Crippen LogP contribution in [0, 0.1) is 6.92 Å². The molecule has 3 rings (SSSR count). The van der Waals surface area contributed by atoms with Crippen LogP contribution in [0.4, 0.5) is 0 Å². The lowest BCUT2D eigenvalue weighted by atomic mass is 9.68. The average Bonchev–Trinajstić information content (AvgIpc) is 2.63. The summed E-state index contributed by atoms with van der Waals surface area (Å²) in [4.78, 5) is 12.9. The van der Waals surface area contributed by atoms with Crippen molar-refractivity contribution in [2.45, 2.75) is 82.4 Å². The minimum Gasteiger partial charge on any atom is -0.274 e. The van der Waals surface area contributed by atoms with Crippen molar-refractivity contribution in [3.05, 3.63) is 64.7 Å². The highest BCUT2D eigenvalue weighted by atomic mass is 32.2. The topological polar surface area (TPSA) is 63.2 Å². The van der Waals surface area contributed by atoms with E-state index in [0.717, 1.165) is 24.0 Å². The van der Waals surface area contributed by atoms with Gasteiger partial charge in [0.1, 0.15) is 0 Å². The lowest BCUT2D eigenvalue weighted by molar-refractivity contribution is -0.119. The lowest BCUT2D eigenvalue weighted by Crippen LogP contribution is -2.34. The first-order valence-electron chi connectivity index (χ1n) is 10.6. The number of nitrogens with one attached hydrogen (secondary N) is 1. The van der Waals surface area contributed by atoms with Crippen molar-refractivity contribution in [1.29, 1.82) is 0 Å². The molecule has 0 aromatic heterocycles. The van der Waals surface area contributed by atoms with Crippen LogP contribution in [0.2, 0.25) is 0 Å². The highest BCUT2D eigenvalue weighted by Gasteiger charge is 2.34. The van der Waals surface area contributed by atoms with Gasteiger partial charge in [-0.15, -0.1) is 0 Å². The van der Waals surface area contributed by atoms with Gasteiger partial charge in [-0.1, -0.05) is 71.0 Å². The van der Waals surface area contributed by atoms with Crippen LogP contribution in [0.1, 0.15) is 82.1 Å². The average molecular weight is 428 g/mol. The van der Waals surface area contributed by atoms with Gasteiger partial charge in [0.25, 0.3) is 10.0 Å². The Morgan fingerprint density at radius 1 is 1.13 bits per heavy atom. The SMILES string of the molecule is Cc1ccc(C(C)(C)C)cc1S(=O)(=O)NC(=O)CC1CCC(C)(C)c2ccccc21. The number of aryl methyl sites for hydroxylation is 1. The quantitative estimate of drug-likeness (QED) is 0.716. The van der Waals surface area contributed by atoms with Gasteiger partial charge in [-0.25, -0.2) is 13.1 Å². The standard InChI is InChI=1S/C25H33NO3S/c1-17-11-12-19(24(2,3)4)16-22(17)30(28,29)26-23(27)15-18-13-14-25(5,6)21-10-8-7-9-20(18)21/h7-12,16,18H,13-15H2,1-6H3,(H,26,27). The third-order valence-electron chi connectivity index (χ3n) is 6.27. The largest absolute Gasteiger partial charge is 0.274 e. The molecule has 0 saturated heterocycles. The third-order valence-corrected chi connectivity index (χ3v) is 7.79. The summed E-state index contributed by atoms with van der Waals surface area (Å²) in [5, 5.41) is 0. The Hall–Kier alpha value is -2.14. The van der Waals surface area contributed by atoms with E-state index in [9.17, 15) is 13.2 Å². The molecule has 2 aromatic rings. The number of sulfonamides is 1. The molecule has 1 amide bonds. The second kappa shape index (κ2) is 7.84. The van der Waals surface area contributed by atoms with Gasteiger partial charge in [-0.05, 0) is 64.8 Å². The fourth-order valence-corrected chi connectivity index (χ4v) is 5.60. The van der Waals surface area contributed by atoms with E-state index in [1.165, 1.54) is 5.56 Å². The number of benzene rings is 2. The fourth-order valence-electron chi connectivity index (χ4n) is 4.33. The van der Waals surface area contributed by atoms with E-state index in [0.29, 0.717) is 5.56 Å². The molecule has 4 nitrogen and oxygen atoms in total. The number of hydrogen-bond donors (Lipinski definition) is 1. The zero-order valence-electron chi connectivity index (χ0n) is 18.9. The van der Waals surface area contributed by atoms with E-state index in [-0.39, 0.29) is 28.1 Å². The van der Waals surface area contributed by atoms with Crippen LogP contribution in [0.25, 0.3) is 0 Å².